The fourth-order valence-electron chi connectivity index (χ4n) is 1.29. The van der Waals surface area contributed by atoms with E-state index in [9.17, 15) is 0 Å². The third-order valence-electron chi connectivity index (χ3n) is 2.07. The number of hydrogen-bond donors (Lipinski definition) is 1. The van der Waals surface area contributed by atoms with Crippen LogP contribution in [0.1, 0.15) is 19.4 Å². The normalized spacial score (nSPS) is 10.8. The molecule has 0 aliphatic heterocycles. The van der Waals surface area contributed by atoms with Gasteiger partial charge in [0.1, 0.15) is 5.75 Å². The minimum atomic E-state index is 0.207. The zero-order valence-corrected chi connectivity index (χ0v) is 10.7. The number of halogens is 1. The Morgan fingerprint density at radius 2 is 2.12 bits per heavy atom. The highest BCUT2D eigenvalue weighted by Crippen LogP contribution is 2.28. The maximum Gasteiger partial charge on any atom is 0.188 e. The van der Waals surface area contributed by atoms with Gasteiger partial charge in [0.2, 0.25) is 0 Å². The van der Waals surface area contributed by atoms with Crippen LogP contribution in [-0.2, 0) is 11.3 Å². The summed E-state index contributed by atoms with van der Waals surface area (Å²) in [6.07, 6.45) is 0. The number of hydrogen-bond acceptors (Lipinski definition) is 3. The minimum absolute atomic E-state index is 0.207. The molecule has 16 heavy (non-hydrogen) atoms. The molecular weight excluding hydrogens is 226 g/mol. The Morgan fingerprint density at radius 1 is 1.38 bits per heavy atom. The summed E-state index contributed by atoms with van der Waals surface area (Å²) in [5.74, 6) is 0.694. The van der Waals surface area contributed by atoms with Gasteiger partial charge < -0.3 is 14.8 Å². The van der Waals surface area contributed by atoms with Crippen molar-refractivity contribution in [1.82, 2.24) is 5.32 Å². The van der Waals surface area contributed by atoms with Gasteiger partial charge in [0.05, 0.1) is 5.02 Å². The lowest BCUT2D eigenvalue weighted by Crippen LogP contribution is -2.22. The van der Waals surface area contributed by atoms with Gasteiger partial charge in [0, 0.05) is 25.3 Å². The monoisotopic (exact) mass is 243 g/mol. The summed E-state index contributed by atoms with van der Waals surface area (Å²) in [5.41, 5.74) is 1.04. The summed E-state index contributed by atoms with van der Waals surface area (Å²) in [5, 5.41) is 3.94. The van der Waals surface area contributed by atoms with Crippen LogP contribution >= 0.6 is 11.6 Å². The predicted molar refractivity (Wildman–Crippen MR) is 65.9 cm³/mol. The van der Waals surface area contributed by atoms with Gasteiger partial charge in [-0.15, -0.1) is 0 Å². The van der Waals surface area contributed by atoms with Crippen molar-refractivity contribution in [3.63, 3.8) is 0 Å². The third kappa shape index (κ3) is 4.00. The second-order valence-electron chi connectivity index (χ2n) is 3.81. The van der Waals surface area contributed by atoms with E-state index in [0.717, 1.165) is 12.1 Å². The molecule has 0 saturated heterocycles. The first-order valence-electron chi connectivity index (χ1n) is 5.27. The van der Waals surface area contributed by atoms with E-state index in [1.54, 1.807) is 7.11 Å². The summed E-state index contributed by atoms with van der Waals surface area (Å²) < 4.78 is 10.3. The Labute approximate surface area is 102 Å². The van der Waals surface area contributed by atoms with E-state index in [0.29, 0.717) is 16.8 Å². The first-order chi connectivity index (χ1) is 7.65. The maximum atomic E-state index is 6.07. The topological polar surface area (TPSA) is 30.5 Å². The van der Waals surface area contributed by atoms with E-state index >= 15 is 0 Å². The van der Waals surface area contributed by atoms with Crippen molar-refractivity contribution in [3.05, 3.63) is 28.8 Å². The Bertz CT molecular complexity index is 329. The van der Waals surface area contributed by atoms with Crippen molar-refractivity contribution >= 4 is 11.6 Å². The summed E-state index contributed by atoms with van der Waals surface area (Å²) in [6, 6.07) is 6.14. The molecule has 0 radical (unpaired) electrons. The second-order valence-corrected chi connectivity index (χ2v) is 4.22. The van der Waals surface area contributed by atoms with Gasteiger partial charge in [-0.1, -0.05) is 37.6 Å². The van der Waals surface area contributed by atoms with Crippen molar-refractivity contribution in [3.8, 4) is 5.75 Å². The molecule has 0 aromatic heterocycles. The Morgan fingerprint density at radius 3 is 2.75 bits per heavy atom. The summed E-state index contributed by atoms with van der Waals surface area (Å²) in [6.45, 7) is 5.14. The molecule has 1 rings (SSSR count). The highest BCUT2D eigenvalue weighted by molar-refractivity contribution is 6.32. The van der Waals surface area contributed by atoms with Crippen LogP contribution in [-0.4, -0.2) is 19.9 Å². The van der Waals surface area contributed by atoms with Crippen molar-refractivity contribution in [2.75, 3.05) is 13.9 Å². The number of nitrogens with one attached hydrogen (secondary N) is 1. The van der Waals surface area contributed by atoms with Crippen molar-refractivity contribution in [2.45, 2.75) is 26.4 Å². The highest BCUT2D eigenvalue weighted by atomic mass is 35.5. The number of benzene rings is 1. The molecule has 0 spiro atoms. The van der Waals surface area contributed by atoms with Gasteiger partial charge in [-0.05, 0) is 6.07 Å². The van der Waals surface area contributed by atoms with E-state index in [2.05, 4.69) is 19.2 Å². The van der Waals surface area contributed by atoms with Gasteiger partial charge in [0.25, 0.3) is 0 Å². The summed E-state index contributed by atoms with van der Waals surface area (Å²) in [4.78, 5) is 0. The molecule has 0 aliphatic rings. The first-order valence-corrected chi connectivity index (χ1v) is 5.65. The van der Waals surface area contributed by atoms with Gasteiger partial charge in [0.15, 0.2) is 6.79 Å². The molecule has 1 aromatic rings. The Hall–Kier alpha value is -0.770. The largest absolute Gasteiger partial charge is 0.466 e. The number of methoxy groups -OCH3 is 1. The van der Waals surface area contributed by atoms with Crippen LogP contribution in [0, 0.1) is 0 Å². The van der Waals surface area contributed by atoms with Crippen LogP contribution in [0.5, 0.6) is 5.75 Å². The highest BCUT2D eigenvalue weighted by Gasteiger charge is 2.08. The lowest BCUT2D eigenvalue weighted by molar-refractivity contribution is 0.0504. The second kappa shape index (κ2) is 6.74. The molecule has 0 amide bonds. The molecule has 0 unspecified atom stereocenters. The Balaban J connectivity index is 2.76. The average molecular weight is 244 g/mol. The summed E-state index contributed by atoms with van der Waals surface area (Å²) >= 11 is 6.07. The van der Waals surface area contributed by atoms with Crippen molar-refractivity contribution in [2.24, 2.45) is 0 Å². The van der Waals surface area contributed by atoms with Gasteiger partial charge >= 0.3 is 0 Å². The molecule has 3 nitrogen and oxygen atoms in total. The zero-order valence-electron chi connectivity index (χ0n) is 9.92. The van der Waals surface area contributed by atoms with E-state index in [-0.39, 0.29) is 6.79 Å². The molecular formula is C12H18ClNO2. The lowest BCUT2D eigenvalue weighted by atomic mass is 10.2. The van der Waals surface area contributed by atoms with Gasteiger partial charge in [-0.2, -0.15) is 0 Å². The molecule has 0 bridgehead atoms. The number of rotatable bonds is 6. The van der Waals surface area contributed by atoms with E-state index in [4.69, 9.17) is 21.1 Å². The number of ether oxygens (including phenoxy) is 2. The summed E-state index contributed by atoms with van der Waals surface area (Å²) in [7, 11) is 1.59. The molecule has 0 saturated carbocycles. The van der Waals surface area contributed by atoms with E-state index < -0.39 is 0 Å². The standard InChI is InChI=1S/C12H18ClNO2/c1-9(2)14-7-10-5-4-6-11(13)12(10)16-8-15-3/h4-6,9,14H,7-8H2,1-3H3. The maximum absolute atomic E-state index is 6.07. The molecule has 0 heterocycles. The zero-order chi connectivity index (χ0) is 12.0. The van der Waals surface area contributed by atoms with E-state index in [1.807, 2.05) is 18.2 Å². The smallest absolute Gasteiger partial charge is 0.188 e. The van der Waals surface area contributed by atoms with Crippen molar-refractivity contribution in [1.29, 1.82) is 0 Å². The predicted octanol–water partition coefficient (Wildman–Crippen LogP) is 2.82. The molecule has 1 aromatic carbocycles. The van der Waals surface area contributed by atoms with Crippen LogP contribution < -0.4 is 10.1 Å². The Kier molecular flexibility index (Phi) is 5.60. The fraction of sp³-hybridized carbons (Fsp3) is 0.500. The first kappa shape index (κ1) is 13.3. The van der Waals surface area contributed by atoms with Crippen LogP contribution in [0.25, 0.3) is 0 Å². The molecule has 0 atom stereocenters. The molecule has 4 heteroatoms. The number of para-hydroxylation sites is 1. The molecule has 90 valence electrons. The van der Waals surface area contributed by atoms with Crippen LogP contribution in [0.4, 0.5) is 0 Å². The van der Waals surface area contributed by atoms with Crippen LogP contribution in [0.3, 0.4) is 0 Å². The van der Waals surface area contributed by atoms with Crippen molar-refractivity contribution < 1.29 is 9.47 Å². The van der Waals surface area contributed by atoms with Crippen LogP contribution in [0.15, 0.2) is 18.2 Å². The third-order valence-corrected chi connectivity index (χ3v) is 2.37. The molecule has 0 aliphatic carbocycles. The minimum Gasteiger partial charge on any atom is -0.466 e. The average Bonchev–Trinajstić information content (AvgIpc) is 2.25. The van der Waals surface area contributed by atoms with Crippen LogP contribution in [0.2, 0.25) is 5.02 Å². The van der Waals surface area contributed by atoms with E-state index in [1.165, 1.54) is 0 Å². The quantitative estimate of drug-likeness (QED) is 0.780. The molecule has 0 fully saturated rings. The SMILES string of the molecule is COCOc1c(Cl)cccc1CNC(C)C. The van der Waals surface area contributed by atoms with Gasteiger partial charge in [-0.25, -0.2) is 0 Å². The lowest BCUT2D eigenvalue weighted by Gasteiger charge is -2.14. The fourth-order valence-corrected chi connectivity index (χ4v) is 1.53. The van der Waals surface area contributed by atoms with Gasteiger partial charge in [-0.3, -0.25) is 0 Å². The molecule has 1 N–H and O–H groups in total.